The van der Waals surface area contributed by atoms with Crippen molar-refractivity contribution in [3.05, 3.63) is 34.3 Å². The third-order valence-electron chi connectivity index (χ3n) is 0.997. The van der Waals surface area contributed by atoms with Crippen LogP contribution in [-0.4, -0.2) is 0 Å². The lowest BCUT2D eigenvalue weighted by molar-refractivity contribution is 1.42. The fourth-order valence-corrected chi connectivity index (χ4v) is 0.767. The lowest BCUT2D eigenvalue weighted by Crippen LogP contribution is -1.70. The van der Waals surface area contributed by atoms with E-state index in [1.807, 2.05) is 25.1 Å². The van der Waals surface area contributed by atoms with Crippen LogP contribution in [0.25, 0.3) is 0 Å². The van der Waals surface area contributed by atoms with E-state index in [9.17, 15) is 0 Å². The minimum Gasteiger partial charge on any atom is -0.0605 e. The van der Waals surface area contributed by atoms with E-state index < -0.39 is 0 Å². The van der Waals surface area contributed by atoms with Gasteiger partial charge in [-0.15, -0.1) is 0 Å². The minimum absolute atomic E-state index is 1.12. The van der Waals surface area contributed by atoms with Gasteiger partial charge in [-0.2, -0.15) is 0 Å². The molecule has 0 N–H and O–H groups in total. The Morgan fingerprint density at radius 1 is 1.62 bits per heavy atom. The van der Waals surface area contributed by atoms with Crippen molar-refractivity contribution in [1.29, 1.82) is 0 Å². The fourth-order valence-electron chi connectivity index (χ4n) is 0.500. The van der Waals surface area contributed by atoms with Crippen LogP contribution < -0.4 is 0 Å². The first-order valence-corrected chi connectivity index (χ1v) is 3.23. The molecule has 0 amide bonds. The quantitative estimate of drug-likeness (QED) is 0.561. The van der Waals surface area contributed by atoms with Crippen molar-refractivity contribution in [2.45, 2.75) is 6.92 Å². The van der Waals surface area contributed by atoms with E-state index in [1.165, 1.54) is 0 Å². The van der Waals surface area contributed by atoms with E-state index in [-0.39, 0.29) is 0 Å². The Kier molecular flexibility index (Phi) is 1.69. The van der Waals surface area contributed by atoms with Crippen LogP contribution in [0, 0.1) is 13.0 Å². The Morgan fingerprint density at radius 3 is 2.75 bits per heavy atom. The van der Waals surface area contributed by atoms with Crippen molar-refractivity contribution in [1.82, 2.24) is 0 Å². The van der Waals surface area contributed by atoms with Gasteiger partial charge >= 0.3 is 0 Å². The van der Waals surface area contributed by atoms with Crippen LogP contribution in [0.1, 0.15) is 5.56 Å². The van der Waals surface area contributed by atoms with Crippen molar-refractivity contribution in [2.24, 2.45) is 0 Å². The molecule has 0 saturated heterocycles. The summed E-state index contributed by atoms with van der Waals surface area (Å²) in [7, 11) is 0. The molecule has 1 aromatic carbocycles. The summed E-state index contributed by atoms with van der Waals surface area (Å²) in [5.74, 6) is 0. The van der Waals surface area contributed by atoms with Gasteiger partial charge in [-0.25, -0.2) is 0 Å². The summed E-state index contributed by atoms with van der Waals surface area (Å²) in [6.45, 7) is 2.02. The summed E-state index contributed by atoms with van der Waals surface area (Å²) in [4.78, 5) is 0. The van der Waals surface area contributed by atoms with Crippen molar-refractivity contribution in [3.63, 3.8) is 0 Å². The molecule has 0 heterocycles. The molecule has 1 aromatic rings. The Balaban J connectivity index is 3.13. The smallest absolute Gasteiger partial charge is 0.0210 e. The maximum absolute atomic E-state index is 3.36. The predicted molar refractivity (Wildman–Crippen MR) is 37.7 cm³/mol. The zero-order chi connectivity index (χ0) is 5.98. The molecule has 0 atom stereocenters. The van der Waals surface area contributed by atoms with E-state index in [1.54, 1.807) is 0 Å². The van der Waals surface area contributed by atoms with Crippen LogP contribution in [0.15, 0.2) is 22.7 Å². The molecular weight excluding hydrogens is 164 g/mol. The highest BCUT2D eigenvalue weighted by Gasteiger charge is 1.86. The van der Waals surface area contributed by atoms with E-state index >= 15 is 0 Å². The first kappa shape index (κ1) is 5.83. The topological polar surface area (TPSA) is 0 Å². The van der Waals surface area contributed by atoms with E-state index in [2.05, 4.69) is 22.0 Å². The maximum Gasteiger partial charge on any atom is 0.0210 e. The van der Waals surface area contributed by atoms with Crippen molar-refractivity contribution in [3.8, 4) is 0 Å². The van der Waals surface area contributed by atoms with Gasteiger partial charge in [-0.05, 0) is 24.6 Å². The molecular formula is C7H6Br. The maximum atomic E-state index is 3.36. The van der Waals surface area contributed by atoms with Gasteiger partial charge in [0, 0.05) is 4.47 Å². The normalized spacial score (nSPS) is 9.25. The third kappa shape index (κ3) is 1.10. The van der Waals surface area contributed by atoms with Gasteiger partial charge in [0.25, 0.3) is 0 Å². The third-order valence-corrected chi connectivity index (χ3v) is 1.86. The average Bonchev–Trinajstić information content (AvgIpc) is 1.77. The molecule has 8 heavy (non-hydrogen) atoms. The molecule has 0 aliphatic heterocycles. The monoisotopic (exact) mass is 169 g/mol. The SMILES string of the molecule is Cc1[c]cccc1Br. The highest BCUT2D eigenvalue weighted by molar-refractivity contribution is 9.10. The highest BCUT2D eigenvalue weighted by Crippen LogP contribution is 2.12. The number of aryl methyl sites for hydroxylation is 1. The zero-order valence-corrected chi connectivity index (χ0v) is 6.20. The Morgan fingerprint density at radius 2 is 2.38 bits per heavy atom. The van der Waals surface area contributed by atoms with Gasteiger partial charge in [-0.3, -0.25) is 0 Å². The predicted octanol–water partition coefficient (Wildman–Crippen LogP) is 2.56. The number of halogens is 1. The van der Waals surface area contributed by atoms with E-state index in [0.29, 0.717) is 0 Å². The van der Waals surface area contributed by atoms with Gasteiger partial charge in [-0.1, -0.05) is 28.1 Å². The Bertz CT molecular complexity index is 160. The van der Waals surface area contributed by atoms with Crippen LogP contribution >= 0.6 is 15.9 Å². The first-order valence-electron chi connectivity index (χ1n) is 2.43. The average molecular weight is 170 g/mol. The summed E-state index contributed by atoms with van der Waals surface area (Å²) in [6, 6.07) is 8.92. The molecule has 0 spiro atoms. The largest absolute Gasteiger partial charge is 0.0605 e. The molecule has 1 heteroatoms. The van der Waals surface area contributed by atoms with Crippen LogP contribution in [0.2, 0.25) is 0 Å². The Hall–Kier alpha value is -0.300. The summed E-state index contributed by atoms with van der Waals surface area (Å²) in [5, 5.41) is 0. The van der Waals surface area contributed by atoms with Crippen LogP contribution in [0.5, 0.6) is 0 Å². The summed E-state index contributed by atoms with van der Waals surface area (Å²) >= 11 is 3.36. The number of hydrogen-bond donors (Lipinski definition) is 0. The van der Waals surface area contributed by atoms with Crippen LogP contribution in [-0.2, 0) is 0 Å². The van der Waals surface area contributed by atoms with Gasteiger partial charge in [0.15, 0.2) is 0 Å². The molecule has 0 bridgehead atoms. The number of rotatable bonds is 0. The molecule has 0 saturated carbocycles. The zero-order valence-electron chi connectivity index (χ0n) is 4.61. The first-order chi connectivity index (χ1) is 3.80. The van der Waals surface area contributed by atoms with Gasteiger partial charge in [0.05, 0.1) is 0 Å². The molecule has 0 aliphatic rings. The lowest BCUT2D eigenvalue weighted by Gasteiger charge is -1.90. The molecule has 1 rings (SSSR count). The minimum atomic E-state index is 1.12. The van der Waals surface area contributed by atoms with Crippen LogP contribution in [0.3, 0.4) is 0 Å². The lowest BCUT2D eigenvalue weighted by atomic mass is 10.2. The highest BCUT2D eigenvalue weighted by atomic mass is 79.9. The second-order valence-electron chi connectivity index (χ2n) is 1.64. The van der Waals surface area contributed by atoms with Crippen molar-refractivity contribution >= 4 is 15.9 Å². The second-order valence-corrected chi connectivity index (χ2v) is 2.50. The molecule has 0 unspecified atom stereocenters. The molecule has 0 aliphatic carbocycles. The standard InChI is InChI=1S/C7H6Br/c1-6-4-2-3-5-7(6)8/h2-3,5H,1H3. The van der Waals surface area contributed by atoms with E-state index in [0.717, 1.165) is 10.0 Å². The summed E-state index contributed by atoms with van der Waals surface area (Å²) < 4.78 is 1.12. The summed E-state index contributed by atoms with van der Waals surface area (Å²) in [6.07, 6.45) is 0. The number of benzene rings is 1. The molecule has 0 aromatic heterocycles. The van der Waals surface area contributed by atoms with Crippen molar-refractivity contribution < 1.29 is 0 Å². The van der Waals surface area contributed by atoms with Gasteiger partial charge in [0.2, 0.25) is 0 Å². The molecule has 0 nitrogen and oxygen atoms in total. The number of hydrogen-bond acceptors (Lipinski definition) is 0. The molecule has 0 fully saturated rings. The van der Waals surface area contributed by atoms with Gasteiger partial charge < -0.3 is 0 Å². The van der Waals surface area contributed by atoms with E-state index in [4.69, 9.17) is 0 Å². The van der Waals surface area contributed by atoms with Crippen LogP contribution in [0.4, 0.5) is 0 Å². The van der Waals surface area contributed by atoms with Gasteiger partial charge in [0.1, 0.15) is 0 Å². The Labute approximate surface area is 57.7 Å². The molecule has 41 valence electrons. The van der Waals surface area contributed by atoms with Crippen molar-refractivity contribution in [2.75, 3.05) is 0 Å². The fraction of sp³-hybridized carbons (Fsp3) is 0.143. The summed E-state index contributed by atoms with van der Waals surface area (Å²) in [5.41, 5.74) is 1.16. The molecule has 1 radical (unpaired) electrons. The second kappa shape index (κ2) is 2.31.